The van der Waals surface area contributed by atoms with Gasteiger partial charge < -0.3 is 25.3 Å². The van der Waals surface area contributed by atoms with E-state index >= 15 is 0 Å². The van der Waals surface area contributed by atoms with E-state index < -0.39 is 0 Å². The summed E-state index contributed by atoms with van der Waals surface area (Å²) in [6.45, 7) is 4.95. The fourth-order valence-electron chi connectivity index (χ4n) is 9.47. The molecule has 95 heavy (non-hydrogen) atoms. The Morgan fingerprint density at radius 3 is 0.842 bits per heavy atom. The van der Waals surface area contributed by atoms with Crippen molar-refractivity contribution in [2.45, 2.75) is 20.3 Å². The van der Waals surface area contributed by atoms with Crippen LogP contribution in [-0.4, -0.2) is 41.4 Å². The van der Waals surface area contributed by atoms with Gasteiger partial charge in [0, 0.05) is 69.2 Å². The molecule has 8 nitrogen and oxygen atoms in total. The van der Waals surface area contributed by atoms with Crippen molar-refractivity contribution >= 4 is 5.70 Å². The molecule has 1 radical (unpaired) electrons. The molecule has 15 rings (SSSR count). The minimum absolute atomic E-state index is 0. The van der Waals surface area contributed by atoms with Crippen LogP contribution in [-0.2, 0) is 40.2 Å². The maximum absolute atomic E-state index is 4.56. The Bertz CT molecular complexity index is 4020. The molecular weight excluding hydrogens is 1520 g/mol. The molecule has 8 heterocycles. The molecule has 0 bridgehead atoms. The minimum Gasteiger partial charge on any atom is -0.679 e. The van der Waals surface area contributed by atoms with E-state index in [0.717, 1.165) is 90.1 Å². The van der Waals surface area contributed by atoms with Gasteiger partial charge in [0.05, 0.1) is 11.4 Å². The third-order valence-electron chi connectivity index (χ3n) is 14.1. The van der Waals surface area contributed by atoms with Gasteiger partial charge in [0.1, 0.15) is 0 Å². The van der Waals surface area contributed by atoms with Gasteiger partial charge in [-0.25, -0.2) is 0 Å². The number of benzene rings is 7. The van der Waals surface area contributed by atoms with Gasteiger partial charge in [0.15, 0.2) is 0 Å². The Morgan fingerprint density at radius 2 is 0.568 bits per heavy atom. The molecule has 0 fully saturated rings. The first kappa shape index (κ1) is 70.0. The quantitative estimate of drug-likeness (QED) is 0.126. The Kier molecular flexibility index (Phi) is 28.7. The van der Waals surface area contributed by atoms with Gasteiger partial charge in [-0.15, -0.1) is 162 Å². The topological polar surface area (TPSA) is 104 Å². The summed E-state index contributed by atoms with van der Waals surface area (Å²) in [6.07, 6.45) is 20.0. The van der Waals surface area contributed by atoms with Gasteiger partial charge in [-0.1, -0.05) is 160 Å². The van der Waals surface area contributed by atoms with Crippen molar-refractivity contribution in [1.82, 2.24) is 34.9 Å². The molecule has 14 aromatic rings. The van der Waals surface area contributed by atoms with Gasteiger partial charge in [0.25, 0.3) is 0 Å². The van der Waals surface area contributed by atoms with E-state index in [1.165, 1.54) is 28.7 Å². The Balaban J connectivity index is 0.000000176. The van der Waals surface area contributed by atoms with Crippen molar-refractivity contribution in [3.8, 4) is 101 Å². The molecule has 467 valence electrons. The van der Waals surface area contributed by atoms with Crippen LogP contribution in [0.25, 0.3) is 112 Å². The van der Waals surface area contributed by atoms with Crippen molar-refractivity contribution in [3.63, 3.8) is 0 Å². The first-order valence-electron chi connectivity index (χ1n) is 30.8. The molecule has 0 aliphatic carbocycles. The molecular formula is C85H67Ir2N8-2. The van der Waals surface area contributed by atoms with Crippen LogP contribution in [0, 0.1) is 24.3 Å². The van der Waals surface area contributed by atoms with E-state index in [-0.39, 0.29) is 40.2 Å². The maximum atomic E-state index is 4.56. The Hall–Kier alpha value is -10.8. The van der Waals surface area contributed by atoms with Crippen molar-refractivity contribution in [2.24, 2.45) is 0 Å². The monoisotopic (exact) mass is 1590 g/mol. The molecule has 0 spiro atoms. The molecule has 0 N–H and O–H groups in total. The molecule has 1 aliphatic heterocycles. The van der Waals surface area contributed by atoms with Crippen molar-refractivity contribution < 1.29 is 40.2 Å². The largest absolute Gasteiger partial charge is 3.00 e. The maximum Gasteiger partial charge on any atom is 3.00 e. The van der Waals surface area contributed by atoms with E-state index in [0.29, 0.717) is 6.54 Å². The SMILES string of the molecule is C1=CC[N-]C(c2cc(-c3ccc(-c4ccc(-c5ccc(-c6ccnc(-c7ccccn7)c6)cc5)cc4)cc3)ccn2)=C1.CCC.[Ir+3].[Ir].[c-]1ccccc1-c1ccccn1.[c-]1ccccc1-c1ccccn1.[c-]1ccccc1-c1ccccn1.[c-]1ccccc1-c1ccccn1. The number of hydrogen-bond acceptors (Lipinski definition) is 7. The molecule has 0 amide bonds. The van der Waals surface area contributed by atoms with E-state index in [9.17, 15) is 0 Å². The molecule has 10 heteroatoms. The zero-order chi connectivity index (χ0) is 63.8. The van der Waals surface area contributed by atoms with E-state index in [4.69, 9.17) is 0 Å². The van der Waals surface area contributed by atoms with Crippen molar-refractivity contribution in [3.05, 3.63) is 382 Å². The van der Waals surface area contributed by atoms with Crippen LogP contribution in [0.3, 0.4) is 0 Å². The van der Waals surface area contributed by atoms with Gasteiger partial charge in [-0.05, 0) is 128 Å². The molecule has 7 aromatic heterocycles. The smallest absolute Gasteiger partial charge is 0.679 e. The van der Waals surface area contributed by atoms with E-state index in [1.54, 1.807) is 31.0 Å². The van der Waals surface area contributed by atoms with E-state index in [2.05, 4.69) is 163 Å². The Labute approximate surface area is 586 Å². The summed E-state index contributed by atoms with van der Waals surface area (Å²) in [5, 5.41) is 4.56. The van der Waals surface area contributed by atoms with Crippen LogP contribution in [0.15, 0.2) is 347 Å². The standard InChI is InChI=1S/C38H27N4.4C11H8N.C3H8.2Ir/c1-3-21-39-35(5-1)37-25-33(19-23-41-37)31-15-11-29(12-16-31)27-7-9-28(10-8-27)30-13-17-32(18-14-30)34-20-24-42-38(26-34)36-6-2-4-22-40-36;4*1-2-6-10(7-3-1)11-8-4-5-9-12-11;1-3-2;;/h1-21,23-26H,22H2;4*1-6,8-9H;3H2,1-2H3;;/q5*-1;;;+3. The zero-order valence-electron chi connectivity index (χ0n) is 52.6. The number of aromatic nitrogens is 7. The summed E-state index contributed by atoms with van der Waals surface area (Å²) in [5.41, 5.74) is 20.9. The number of rotatable bonds is 10. The molecule has 1 aliphatic rings. The average Bonchev–Trinajstić information content (AvgIpc) is 1.71. The molecule has 0 saturated heterocycles. The normalized spacial score (nSPS) is 10.6. The first-order chi connectivity index (χ1) is 46.1. The fourth-order valence-corrected chi connectivity index (χ4v) is 9.47. The summed E-state index contributed by atoms with van der Waals surface area (Å²) in [7, 11) is 0. The first-order valence-corrected chi connectivity index (χ1v) is 30.8. The van der Waals surface area contributed by atoms with E-state index in [1.807, 2.05) is 231 Å². The van der Waals surface area contributed by atoms with Crippen LogP contribution in [0.2, 0.25) is 0 Å². The molecule has 0 unspecified atom stereocenters. The van der Waals surface area contributed by atoms with Gasteiger partial charge in [-0.3, -0.25) is 15.0 Å². The predicted octanol–water partition coefficient (Wildman–Crippen LogP) is 21.1. The fraction of sp³-hybridized carbons (Fsp3) is 0.0471. The number of hydrogen-bond donors (Lipinski definition) is 0. The van der Waals surface area contributed by atoms with Crippen LogP contribution in [0.1, 0.15) is 26.0 Å². The van der Waals surface area contributed by atoms with Crippen molar-refractivity contribution in [1.29, 1.82) is 0 Å². The summed E-state index contributed by atoms with van der Waals surface area (Å²) in [4.78, 5) is 30.3. The van der Waals surface area contributed by atoms with Crippen LogP contribution in [0.5, 0.6) is 0 Å². The number of allylic oxidation sites excluding steroid dienone is 2. The molecule has 0 saturated carbocycles. The minimum atomic E-state index is 0. The van der Waals surface area contributed by atoms with Gasteiger partial charge in [0.2, 0.25) is 0 Å². The average molecular weight is 1580 g/mol. The third-order valence-corrected chi connectivity index (χ3v) is 14.1. The number of nitrogens with zero attached hydrogens (tertiary/aromatic N) is 8. The predicted molar refractivity (Wildman–Crippen MR) is 382 cm³/mol. The second-order valence-corrected chi connectivity index (χ2v) is 20.8. The second kappa shape index (κ2) is 38.9. The van der Waals surface area contributed by atoms with Crippen LogP contribution < -0.4 is 0 Å². The second-order valence-electron chi connectivity index (χ2n) is 20.8. The summed E-state index contributed by atoms with van der Waals surface area (Å²) < 4.78 is 0. The molecule has 0 atom stereocenters. The van der Waals surface area contributed by atoms with Gasteiger partial charge >= 0.3 is 20.1 Å². The third kappa shape index (κ3) is 21.6. The Morgan fingerprint density at radius 1 is 0.295 bits per heavy atom. The van der Waals surface area contributed by atoms with Crippen LogP contribution in [0.4, 0.5) is 0 Å². The summed E-state index contributed by atoms with van der Waals surface area (Å²) >= 11 is 0. The van der Waals surface area contributed by atoms with Crippen LogP contribution >= 0.6 is 0 Å². The van der Waals surface area contributed by atoms with Crippen molar-refractivity contribution in [2.75, 3.05) is 6.54 Å². The summed E-state index contributed by atoms with van der Waals surface area (Å²) in [6, 6.07) is 108. The van der Waals surface area contributed by atoms with Gasteiger partial charge in [-0.2, -0.15) is 0 Å². The zero-order valence-corrected chi connectivity index (χ0v) is 57.4. The summed E-state index contributed by atoms with van der Waals surface area (Å²) in [5.74, 6) is 0. The molecule has 7 aromatic carbocycles. The number of pyridine rings is 7.